The highest BCUT2D eigenvalue weighted by atomic mass is 32.2. The Labute approximate surface area is 110 Å². The van der Waals surface area contributed by atoms with Gasteiger partial charge in [-0.1, -0.05) is 12.8 Å². The molecule has 0 bridgehead atoms. The molecule has 0 aromatic carbocycles. The van der Waals surface area contributed by atoms with E-state index >= 15 is 0 Å². The van der Waals surface area contributed by atoms with Gasteiger partial charge < -0.3 is 5.73 Å². The van der Waals surface area contributed by atoms with Crippen molar-refractivity contribution in [2.75, 3.05) is 0 Å². The predicted molar refractivity (Wildman–Crippen MR) is 73.3 cm³/mol. The first-order chi connectivity index (χ1) is 8.16. The molecule has 1 aliphatic rings. The Morgan fingerprint density at radius 1 is 1.65 bits per heavy atom. The number of hydrogen-bond donors (Lipinski definition) is 1. The molecule has 5 heteroatoms. The fraction of sp³-hybridized carbons (Fsp3) is 0.667. The molecule has 2 N–H and O–H groups in total. The summed E-state index contributed by atoms with van der Waals surface area (Å²) in [5.41, 5.74) is 6.32. The molecular formula is C12H18N2OS2. The summed E-state index contributed by atoms with van der Waals surface area (Å²) in [5.74, 6) is 1.22. The Morgan fingerprint density at radius 3 is 3.00 bits per heavy atom. The van der Waals surface area contributed by atoms with Crippen LogP contribution in [0, 0.1) is 0 Å². The highest BCUT2D eigenvalue weighted by molar-refractivity contribution is 7.99. The van der Waals surface area contributed by atoms with E-state index in [2.05, 4.69) is 10.4 Å². The molecule has 1 amide bonds. The maximum atomic E-state index is 10.9. The SMILES string of the molecule is C[C@@H](SCc1csc(C2CCCC2)n1)C(N)=O. The van der Waals surface area contributed by atoms with Crippen LogP contribution in [-0.4, -0.2) is 16.1 Å². The van der Waals surface area contributed by atoms with E-state index in [1.54, 1.807) is 23.1 Å². The average molecular weight is 270 g/mol. The number of hydrogen-bond acceptors (Lipinski definition) is 4. The zero-order valence-electron chi connectivity index (χ0n) is 10.0. The number of aromatic nitrogens is 1. The van der Waals surface area contributed by atoms with Gasteiger partial charge in [-0.05, 0) is 19.8 Å². The zero-order chi connectivity index (χ0) is 12.3. The third-order valence-corrected chi connectivity index (χ3v) is 5.41. The van der Waals surface area contributed by atoms with Gasteiger partial charge in [0, 0.05) is 17.1 Å². The van der Waals surface area contributed by atoms with Crippen molar-refractivity contribution in [2.24, 2.45) is 5.73 Å². The van der Waals surface area contributed by atoms with Gasteiger partial charge in [0.05, 0.1) is 16.0 Å². The zero-order valence-corrected chi connectivity index (χ0v) is 11.6. The van der Waals surface area contributed by atoms with Crippen molar-refractivity contribution < 1.29 is 4.79 Å². The molecular weight excluding hydrogens is 252 g/mol. The number of primary amides is 1. The Balaban J connectivity index is 1.87. The van der Waals surface area contributed by atoms with Crippen molar-refractivity contribution in [2.45, 2.75) is 49.5 Å². The molecule has 1 aromatic heterocycles. The fourth-order valence-corrected chi connectivity index (χ4v) is 3.87. The second-order valence-corrected chi connectivity index (χ2v) is 6.73. The molecule has 1 atom stereocenters. The minimum Gasteiger partial charge on any atom is -0.369 e. The van der Waals surface area contributed by atoms with Crippen molar-refractivity contribution in [3.63, 3.8) is 0 Å². The predicted octanol–water partition coefficient (Wildman–Crippen LogP) is 2.91. The van der Waals surface area contributed by atoms with Gasteiger partial charge in [0.1, 0.15) is 0 Å². The summed E-state index contributed by atoms with van der Waals surface area (Å²) in [6, 6.07) is 0. The number of nitrogens with two attached hydrogens (primary N) is 1. The number of carbonyl (C=O) groups excluding carboxylic acids is 1. The second kappa shape index (κ2) is 5.87. The normalized spacial score (nSPS) is 18.4. The monoisotopic (exact) mass is 270 g/mol. The lowest BCUT2D eigenvalue weighted by Gasteiger charge is -2.05. The van der Waals surface area contributed by atoms with Crippen LogP contribution in [-0.2, 0) is 10.5 Å². The number of carbonyl (C=O) groups is 1. The van der Waals surface area contributed by atoms with E-state index in [4.69, 9.17) is 5.73 Å². The van der Waals surface area contributed by atoms with E-state index in [1.165, 1.54) is 30.7 Å². The summed E-state index contributed by atoms with van der Waals surface area (Å²) in [5, 5.41) is 3.27. The molecule has 1 aliphatic carbocycles. The molecule has 3 nitrogen and oxygen atoms in total. The van der Waals surface area contributed by atoms with Crippen LogP contribution in [0.1, 0.15) is 49.2 Å². The van der Waals surface area contributed by atoms with Crippen LogP contribution in [0.5, 0.6) is 0 Å². The maximum Gasteiger partial charge on any atom is 0.230 e. The van der Waals surface area contributed by atoms with Crippen molar-refractivity contribution in [3.05, 3.63) is 16.1 Å². The van der Waals surface area contributed by atoms with Crippen molar-refractivity contribution in [1.82, 2.24) is 4.98 Å². The molecule has 94 valence electrons. The van der Waals surface area contributed by atoms with Crippen molar-refractivity contribution in [3.8, 4) is 0 Å². The van der Waals surface area contributed by atoms with Crippen LogP contribution >= 0.6 is 23.1 Å². The summed E-state index contributed by atoms with van der Waals surface area (Å²) in [6.45, 7) is 1.84. The Hall–Kier alpha value is -0.550. The summed E-state index contributed by atoms with van der Waals surface area (Å²) in [7, 11) is 0. The van der Waals surface area contributed by atoms with E-state index in [0.717, 1.165) is 11.4 Å². The molecule has 1 heterocycles. The van der Waals surface area contributed by atoms with Crippen LogP contribution in [0.15, 0.2) is 5.38 Å². The van der Waals surface area contributed by atoms with Gasteiger partial charge in [-0.15, -0.1) is 23.1 Å². The highest BCUT2D eigenvalue weighted by Crippen LogP contribution is 2.36. The maximum absolute atomic E-state index is 10.9. The first-order valence-electron chi connectivity index (χ1n) is 6.02. The molecule has 0 spiro atoms. The van der Waals surface area contributed by atoms with Crippen molar-refractivity contribution >= 4 is 29.0 Å². The third kappa shape index (κ3) is 3.45. The van der Waals surface area contributed by atoms with E-state index in [9.17, 15) is 4.79 Å². The van der Waals surface area contributed by atoms with Gasteiger partial charge in [0.15, 0.2) is 0 Å². The lowest BCUT2D eigenvalue weighted by Crippen LogP contribution is -2.22. The van der Waals surface area contributed by atoms with E-state index in [1.807, 2.05) is 6.92 Å². The molecule has 17 heavy (non-hydrogen) atoms. The molecule has 0 radical (unpaired) electrons. The van der Waals surface area contributed by atoms with Gasteiger partial charge in [-0.3, -0.25) is 4.79 Å². The molecule has 0 unspecified atom stereocenters. The Bertz CT molecular complexity index is 386. The largest absolute Gasteiger partial charge is 0.369 e. The van der Waals surface area contributed by atoms with Gasteiger partial charge >= 0.3 is 0 Å². The standard InChI is InChI=1S/C12H18N2OS2/c1-8(11(13)15)16-6-10-7-17-12(14-10)9-4-2-3-5-9/h7-9H,2-6H2,1H3,(H2,13,15)/t8-/m1/s1. The lowest BCUT2D eigenvalue weighted by molar-refractivity contribution is -0.117. The summed E-state index contributed by atoms with van der Waals surface area (Å²) in [4.78, 5) is 15.6. The van der Waals surface area contributed by atoms with Gasteiger partial charge in [0.2, 0.25) is 5.91 Å². The number of rotatable bonds is 5. The molecule has 1 aromatic rings. The molecule has 0 saturated heterocycles. The van der Waals surface area contributed by atoms with Crippen LogP contribution in [0.2, 0.25) is 0 Å². The smallest absolute Gasteiger partial charge is 0.230 e. The fourth-order valence-electron chi connectivity index (χ4n) is 2.04. The summed E-state index contributed by atoms with van der Waals surface area (Å²) >= 11 is 3.33. The molecule has 2 rings (SSSR count). The van der Waals surface area contributed by atoms with Crippen LogP contribution in [0.3, 0.4) is 0 Å². The Kier molecular flexibility index (Phi) is 4.45. The van der Waals surface area contributed by atoms with Gasteiger partial charge in [0.25, 0.3) is 0 Å². The summed E-state index contributed by atoms with van der Waals surface area (Å²) < 4.78 is 0. The minimum absolute atomic E-state index is 0.133. The molecule has 1 saturated carbocycles. The number of thioether (sulfide) groups is 1. The number of nitrogens with zero attached hydrogens (tertiary/aromatic N) is 1. The van der Waals surface area contributed by atoms with Gasteiger partial charge in [-0.25, -0.2) is 4.98 Å². The first-order valence-corrected chi connectivity index (χ1v) is 7.95. The molecule has 0 aliphatic heterocycles. The van der Waals surface area contributed by atoms with Crippen LogP contribution in [0.4, 0.5) is 0 Å². The topological polar surface area (TPSA) is 56.0 Å². The summed E-state index contributed by atoms with van der Waals surface area (Å²) in [6.07, 6.45) is 5.26. The third-order valence-electron chi connectivity index (χ3n) is 3.16. The second-order valence-electron chi connectivity index (χ2n) is 4.51. The number of amides is 1. The number of thiazole rings is 1. The average Bonchev–Trinajstić information content (AvgIpc) is 2.95. The Morgan fingerprint density at radius 2 is 2.35 bits per heavy atom. The lowest BCUT2D eigenvalue weighted by atomic mass is 10.1. The quantitative estimate of drug-likeness (QED) is 0.895. The van der Waals surface area contributed by atoms with E-state index in [-0.39, 0.29) is 11.2 Å². The van der Waals surface area contributed by atoms with E-state index in [0.29, 0.717) is 5.92 Å². The van der Waals surface area contributed by atoms with Crippen LogP contribution in [0.25, 0.3) is 0 Å². The first kappa shape index (κ1) is 12.9. The van der Waals surface area contributed by atoms with Crippen LogP contribution < -0.4 is 5.73 Å². The molecule has 1 fully saturated rings. The van der Waals surface area contributed by atoms with Gasteiger partial charge in [-0.2, -0.15) is 0 Å². The minimum atomic E-state index is -0.249. The van der Waals surface area contributed by atoms with E-state index < -0.39 is 0 Å². The highest BCUT2D eigenvalue weighted by Gasteiger charge is 2.20. The van der Waals surface area contributed by atoms with Crippen molar-refractivity contribution in [1.29, 1.82) is 0 Å².